The summed E-state index contributed by atoms with van der Waals surface area (Å²) in [5.41, 5.74) is 2.05. The van der Waals surface area contributed by atoms with Crippen LogP contribution in [0.3, 0.4) is 0 Å². The van der Waals surface area contributed by atoms with Gasteiger partial charge in [0.05, 0.1) is 23.8 Å². The summed E-state index contributed by atoms with van der Waals surface area (Å²) >= 11 is 3.17. The van der Waals surface area contributed by atoms with E-state index in [4.69, 9.17) is 9.72 Å². The van der Waals surface area contributed by atoms with Gasteiger partial charge in [-0.3, -0.25) is 0 Å². The second kappa shape index (κ2) is 8.45. The average molecular weight is 451 g/mol. The fourth-order valence-corrected chi connectivity index (χ4v) is 6.79. The summed E-state index contributed by atoms with van der Waals surface area (Å²) in [5, 5.41) is 12.3. The van der Waals surface area contributed by atoms with Gasteiger partial charge < -0.3 is 9.30 Å². The summed E-state index contributed by atoms with van der Waals surface area (Å²) < 4.78 is 30.9. The van der Waals surface area contributed by atoms with Crippen molar-refractivity contribution in [2.45, 2.75) is 30.2 Å². The van der Waals surface area contributed by atoms with Crippen LogP contribution < -0.4 is 4.74 Å². The first-order valence-corrected chi connectivity index (χ1v) is 13.0. The lowest BCUT2D eigenvalue weighted by Gasteiger charge is -2.07. The fraction of sp³-hybridized carbons (Fsp3) is 0.421. The Hall–Kier alpha value is -1.91. The summed E-state index contributed by atoms with van der Waals surface area (Å²) in [6.07, 6.45) is 0.622. The maximum atomic E-state index is 11.7. The minimum absolute atomic E-state index is 0.0580. The van der Waals surface area contributed by atoms with Crippen molar-refractivity contribution in [2.75, 3.05) is 18.1 Å². The molecule has 0 spiro atoms. The minimum atomic E-state index is -2.94. The third kappa shape index (κ3) is 4.65. The molecule has 0 radical (unpaired) electrons. The summed E-state index contributed by atoms with van der Waals surface area (Å²) in [4.78, 5) is 4.72. The van der Waals surface area contributed by atoms with Crippen LogP contribution in [0.5, 0.6) is 5.75 Å². The molecular weight excluding hydrogens is 428 g/mol. The summed E-state index contributed by atoms with van der Waals surface area (Å²) in [6, 6.07) is 7.95. The Kier molecular flexibility index (Phi) is 5.93. The second-order valence-corrected chi connectivity index (χ2v) is 10.9. The predicted molar refractivity (Wildman–Crippen MR) is 115 cm³/mol. The van der Waals surface area contributed by atoms with E-state index < -0.39 is 9.84 Å². The molecule has 4 rings (SSSR count). The highest BCUT2D eigenvalue weighted by Gasteiger charge is 2.32. The zero-order chi connectivity index (χ0) is 20.4. The predicted octanol–water partition coefficient (Wildman–Crippen LogP) is 3.53. The van der Waals surface area contributed by atoms with Crippen molar-refractivity contribution >= 4 is 32.9 Å². The number of nitrogens with zero attached hydrogens (tertiary/aromatic N) is 4. The molecule has 0 saturated carbocycles. The van der Waals surface area contributed by atoms with E-state index in [0.717, 1.165) is 33.0 Å². The maximum Gasteiger partial charge on any atom is 0.191 e. The average Bonchev–Trinajstić information content (AvgIpc) is 3.40. The number of sulfone groups is 1. The SMILES string of the molecule is CCOc1ccc(-c2nc(CSc3nnc([C@H]4CCS(=O)(=O)C4)n3C)cs2)cc1. The Morgan fingerprint density at radius 1 is 1.28 bits per heavy atom. The van der Waals surface area contributed by atoms with E-state index in [1.165, 1.54) is 0 Å². The lowest BCUT2D eigenvalue weighted by Crippen LogP contribution is -2.09. The number of ether oxygens (including phenoxy) is 1. The van der Waals surface area contributed by atoms with Crippen LogP contribution in [0, 0.1) is 0 Å². The zero-order valence-corrected chi connectivity index (χ0v) is 18.7. The van der Waals surface area contributed by atoms with E-state index in [9.17, 15) is 8.42 Å². The Labute approximate surface area is 178 Å². The van der Waals surface area contributed by atoms with Gasteiger partial charge in [-0.05, 0) is 37.6 Å². The molecule has 1 aliphatic rings. The highest BCUT2D eigenvalue weighted by Crippen LogP contribution is 2.31. The van der Waals surface area contributed by atoms with Crippen LogP contribution in [0.1, 0.15) is 30.8 Å². The van der Waals surface area contributed by atoms with Gasteiger partial charge in [0.1, 0.15) is 16.6 Å². The smallest absolute Gasteiger partial charge is 0.191 e. The molecule has 1 aromatic carbocycles. The number of thiazole rings is 1. The van der Waals surface area contributed by atoms with Crippen LogP contribution >= 0.6 is 23.1 Å². The molecule has 7 nitrogen and oxygen atoms in total. The Balaban J connectivity index is 1.40. The first-order chi connectivity index (χ1) is 13.9. The van der Waals surface area contributed by atoms with E-state index in [-0.39, 0.29) is 17.4 Å². The number of thioether (sulfide) groups is 1. The summed E-state index contributed by atoms with van der Waals surface area (Å²) in [6.45, 7) is 2.62. The molecule has 1 saturated heterocycles. The first-order valence-electron chi connectivity index (χ1n) is 9.35. The second-order valence-electron chi connectivity index (χ2n) is 6.89. The largest absolute Gasteiger partial charge is 0.494 e. The first kappa shape index (κ1) is 20.4. The molecule has 154 valence electrons. The molecular formula is C19H22N4O3S3. The highest BCUT2D eigenvalue weighted by atomic mass is 32.2. The molecule has 0 unspecified atom stereocenters. The van der Waals surface area contributed by atoms with Gasteiger partial charge in [0.15, 0.2) is 15.0 Å². The van der Waals surface area contributed by atoms with Gasteiger partial charge in [0.2, 0.25) is 0 Å². The quantitative estimate of drug-likeness (QED) is 0.509. The lowest BCUT2D eigenvalue weighted by molar-refractivity contribution is 0.340. The number of hydrogen-bond acceptors (Lipinski definition) is 8. The van der Waals surface area contributed by atoms with Crippen LogP contribution in [0.15, 0.2) is 34.8 Å². The Morgan fingerprint density at radius 2 is 2.07 bits per heavy atom. The monoisotopic (exact) mass is 450 g/mol. The lowest BCUT2D eigenvalue weighted by atomic mass is 10.1. The van der Waals surface area contributed by atoms with Gasteiger partial charge in [-0.15, -0.1) is 21.5 Å². The maximum absolute atomic E-state index is 11.7. The summed E-state index contributed by atoms with van der Waals surface area (Å²) in [5.74, 6) is 2.64. The minimum Gasteiger partial charge on any atom is -0.494 e. The third-order valence-electron chi connectivity index (χ3n) is 4.78. The highest BCUT2D eigenvalue weighted by molar-refractivity contribution is 7.98. The van der Waals surface area contributed by atoms with Crippen molar-refractivity contribution in [1.82, 2.24) is 19.7 Å². The third-order valence-corrected chi connectivity index (χ3v) is 8.54. The number of aromatic nitrogens is 4. The van der Waals surface area contributed by atoms with Crippen molar-refractivity contribution in [3.63, 3.8) is 0 Å². The van der Waals surface area contributed by atoms with E-state index in [2.05, 4.69) is 15.6 Å². The van der Waals surface area contributed by atoms with Crippen molar-refractivity contribution in [2.24, 2.45) is 7.05 Å². The van der Waals surface area contributed by atoms with E-state index in [1.54, 1.807) is 23.1 Å². The number of hydrogen-bond donors (Lipinski definition) is 0. The number of benzene rings is 1. The van der Waals surface area contributed by atoms with Crippen LogP contribution in [0.4, 0.5) is 0 Å². The van der Waals surface area contributed by atoms with Crippen molar-refractivity contribution in [3.05, 3.63) is 41.2 Å². The molecule has 0 aliphatic carbocycles. The van der Waals surface area contributed by atoms with Crippen molar-refractivity contribution in [1.29, 1.82) is 0 Å². The molecule has 0 bridgehead atoms. The standard InChI is InChI=1S/C19H22N4O3S3/c1-3-26-16-6-4-13(5-7-16)18-20-15(10-27-18)11-28-19-22-21-17(23(19)2)14-8-9-29(24,25)12-14/h4-7,10,14H,3,8-9,11-12H2,1-2H3/t14-/m0/s1. The molecule has 10 heteroatoms. The van der Waals surface area contributed by atoms with Gasteiger partial charge in [-0.2, -0.15) is 0 Å². The van der Waals surface area contributed by atoms with Crippen LogP contribution in [0.2, 0.25) is 0 Å². The van der Waals surface area contributed by atoms with Crippen molar-refractivity contribution < 1.29 is 13.2 Å². The van der Waals surface area contributed by atoms with Crippen molar-refractivity contribution in [3.8, 4) is 16.3 Å². The van der Waals surface area contributed by atoms with Crippen LogP contribution in [-0.2, 0) is 22.6 Å². The molecule has 1 atom stereocenters. The summed E-state index contributed by atoms with van der Waals surface area (Å²) in [7, 11) is -1.04. The molecule has 3 aromatic rings. The van der Waals surface area contributed by atoms with E-state index >= 15 is 0 Å². The van der Waals surface area contributed by atoms with Gasteiger partial charge in [-0.25, -0.2) is 13.4 Å². The molecule has 29 heavy (non-hydrogen) atoms. The molecule has 1 aliphatic heterocycles. The van der Waals surface area contributed by atoms with Gasteiger partial charge in [0, 0.05) is 29.7 Å². The topological polar surface area (TPSA) is 87.0 Å². The Bertz CT molecular complexity index is 1090. The van der Waals surface area contributed by atoms with Gasteiger partial charge in [-0.1, -0.05) is 11.8 Å². The molecule has 2 aromatic heterocycles. The number of rotatable bonds is 7. The normalized spacial score (nSPS) is 18.2. The Morgan fingerprint density at radius 3 is 2.76 bits per heavy atom. The van der Waals surface area contributed by atoms with Gasteiger partial charge in [0.25, 0.3) is 0 Å². The van der Waals surface area contributed by atoms with E-state index in [1.807, 2.05) is 42.8 Å². The fourth-order valence-electron chi connectivity index (χ4n) is 3.31. The van der Waals surface area contributed by atoms with Crippen LogP contribution in [-0.4, -0.2) is 46.3 Å². The van der Waals surface area contributed by atoms with Gasteiger partial charge >= 0.3 is 0 Å². The van der Waals surface area contributed by atoms with Crippen LogP contribution in [0.25, 0.3) is 10.6 Å². The molecule has 0 amide bonds. The molecule has 1 fully saturated rings. The zero-order valence-electron chi connectivity index (χ0n) is 16.2. The molecule has 0 N–H and O–H groups in total. The molecule has 3 heterocycles. The van der Waals surface area contributed by atoms with E-state index in [0.29, 0.717) is 18.8 Å².